The minimum Gasteiger partial charge on any atom is -0.480 e. The molecule has 2 atom stereocenters. The van der Waals surface area contributed by atoms with Crippen LogP contribution in [-0.2, 0) is 16.0 Å². The lowest BCUT2D eigenvalue weighted by Crippen LogP contribution is -2.50. The van der Waals surface area contributed by atoms with E-state index >= 15 is 0 Å². The van der Waals surface area contributed by atoms with Crippen LogP contribution in [0, 0.1) is 5.92 Å². The third-order valence-corrected chi connectivity index (χ3v) is 4.21. The molecule has 0 spiro atoms. The van der Waals surface area contributed by atoms with Gasteiger partial charge in [-0.1, -0.05) is 35.0 Å². The van der Waals surface area contributed by atoms with Crippen LogP contribution in [0.5, 0.6) is 0 Å². The number of hydrogen-bond acceptors (Lipinski definition) is 2. The second-order valence-electron chi connectivity index (χ2n) is 5.38. The number of aliphatic carboxylic acids is 1. The smallest absolute Gasteiger partial charge is 0.326 e. The SMILES string of the molecule is CC1CCN(C(=O)Cc2cccc(Br)c2)C(C(=O)O)C1. The van der Waals surface area contributed by atoms with Crippen LogP contribution < -0.4 is 0 Å². The van der Waals surface area contributed by atoms with E-state index in [2.05, 4.69) is 15.9 Å². The lowest BCUT2D eigenvalue weighted by Gasteiger charge is -2.36. The number of amides is 1. The molecule has 4 nitrogen and oxygen atoms in total. The summed E-state index contributed by atoms with van der Waals surface area (Å²) in [6, 6.07) is 6.86. The second kappa shape index (κ2) is 6.39. The molecule has 1 N–H and O–H groups in total. The van der Waals surface area contributed by atoms with E-state index in [-0.39, 0.29) is 12.3 Å². The molecule has 2 rings (SSSR count). The topological polar surface area (TPSA) is 57.6 Å². The zero-order valence-electron chi connectivity index (χ0n) is 11.4. The van der Waals surface area contributed by atoms with Gasteiger partial charge < -0.3 is 10.0 Å². The van der Waals surface area contributed by atoms with Gasteiger partial charge in [0.2, 0.25) is 5.91 Å². The number of piperidine rings is 1. The maximum absolute atomic E-state index is 12.3. The zero-order chi connectivity index (χ0) is 14.7. The van der Waals surface area contributed by atoms with Gasteiger partial charge in [0.1, 0.15) is 6.04 Å². The Kier molecular flexibility index (Phi) is 4.81. The number of carboxylic acid groups (broad SMARTS) is 1. The number of carbonyl (C=O) groups is 2. The first-order valence-corrected chi connectivity index (χ1v) is 7.53. The molecule has 1 aliphatic rings. The average Bonchev–Trinajstić information content (AvgIpc) is 2.38. The van der Waals surface area contributed by atoms with Gasteiger partial charge in [0.25, 0.3) is 0 Å². The van der Waals surface area contributed by atoms with Crippen molar-refractivity contribution in [2.45, 2.75) is 32.2 Å². The maximum atomic E-state index is 12.3. The highest BCUT2D eigenvalue weighted by atomic mass is 79.9. The summed E-state index contributed by atoms with van der Waals surface area (Å²) in [5.74, 6) is -0.660. The summed E-state index contributed by atoms with van der Waals surface area (Å²) in [4.78, 5) is 25.2. The zero-order valence-corrected chi connectivity index (χ0v) is 13.0. The molecule has 0 aliphatic carbocycles. The Morgan fingerprint density at radius 3 is 2.85 bits per heavy atom. The highest BCUT2D eigenvalue weighted by Crippen LogP contribution is 2.24. The number of carboxylic acids is 1. The van der Waals surface area contributed by atoms with Crippen LogP contribution in [0.25, 0.3) is 0 Å². The third-order valence-electron chi connectivity index (χ3n) is 3.71. The van der Waals surface area contributed by atoms with Crippen LogP contribution in [0.15, 0.2) is 28.7 Å². The predicted molar refractivity (Wildman–Crippen MR) is 79.4 cm³/mol. The molecule has 1 aromatic carbocycles. The van der Waals surface area contributed by atoms with E-state index < -0.39 is 12.0 Å². The summed E-state index contributed by atoms with van der Waals surface area (Å²) in [7, 11) is 0. The van der Waals surface area contributed by atoms with Gasteiger partial charge in [-0.25, -0.2) is 4.79 Å². The van der Waals surface area contributed by atoms with Gasteiger partial charge in [-0.05, 0) is 36.5 Å². The standard InChI is InChI=1S/C15H18BrNO3/c1-10-5-6-17(13(7-10)15(19)20)14(18)9-11-3-2-4-12(16)8-11/h2-4,8,10,13H,5-7,9H2,1H3,(H,19,20). The molecule has 0 radical (unpaired) electrons. The van der Waals surface area contributed by atoms with Gasteiger partial charge >= 0.3 is 5.97 Å². The van der Waals surface area contributed by atoms with Crippen LogP contribution >= 0.6 is 15.9 Å². The van der Waals surface area contributed by atoms with Gasteiger partial charge in [0, 0.05) is 11.0 Å². The molecule has 1 aromatic rings. The summed E-state index contributed by atoms with van der Waals surface area (Å²) in [6.45, 7) is 2.57. The van der Waals surface area contributed by atoms with Crippen LogP contribution in [0.2, 0.25) is 0 Å². The minimum atomic E-state index is -0.904. The number of hydrogen-bond donors (Lipinski definition) is 1. The summed E-state index contributed by atoms with van der Waals surface area (Å²) < 4.78 is 0.921. The van der Waals surface area contributed by atoms with Crippen molar-refractivity contribution < 1.29 is 14.7 Å². The van der Waals surface area contributed by atoms with Crippen molar-refractivity contribution >= 4 is 27.8 Å². The molecular weight excluding hydrogens is 322 g/mol. The average molecular weight is 340 g/mol. The van der Waals surface area contributed by atoms with Crippen LogP contribution in [0.3, 0.4) is 0 Å². The molecule has 5 heteroatoms. The quantitative estimate of drug-likeness (QED) is 0.920. The number of nitrogens with zero attached hydrogens (tertiary/aromatic N) is 1. The molecule has 20 heavy (non-hydrogen) atoms. The van der Waals surface area contributed by atoms with Gasteiger partial charge in [0.05, 0.1) is 6.42 Å². The fraction of sp³-hybridized carbons (Fsp3) is 0.467. The number of halogens is 1. The minimum absolute atomic E-state index is 0.109. The summed E-state index contributed by atoms with van der Waals surface area (Å²) in [6.07, 6.45) is 1.66. The van der Waals surface area contributed by atoms with Gasteiger partial charge in [-0.15, -0.1) is 0 Å². The second-order valence-corrected chi connectivity index (χ2v) is 6.29. The third kappa shape index (κ3) is 3.60. The van der Waals surface area contributed by atoms with E-state index in [0.29, 0.717) is 18.9 Å². The van der Waals surface area contributed by atoms with Crippen molar-refractivity contribution in [3.05, 3.63) is 34.3 Å². The molecule has 0 aromatic heterocycles. The lowest BCUT2D eigenvalue weighted by molar-refractivity contribution is -0.152. The van der Waals surface area contributed by atoms with E-state index in [4.69, 9.17) is 0 Å². The Hall–Kier alpha value is -1.36. The van der Waals surface area contributed by atoms with Gasteiger partial charge in [-0.2, -0.15) is 0 Å². The summed E-state index contributed by atoms with van der Waals surface area (Å²) in [5, 5.41) is 9.28. The maximum Gasteiger partial charge on any atom is 0.326 e. The van der Waals surface area contributed by atoms with E-state index in [0.717, 1.165) is 16.5 Å². The number of benzene rings is 1. The Morgan fingerprint density at radius 1 is 1.45 bits per heavy atom. The van der Waals surface area contributed by atoms with E-state index in [1.807, 2.05) is 31.2 Å². The van der Waals surface area contributed by atoms with Crippen molar-refractivity contribution in [2.75, 3.05) is 6.54 Å². The van der Waals surface area contributed by atoms with E-state index in [1.165, 1.54) is 4.90 Å². The van der Waals surface area contributed by atoms with Crippen molar-refractivity contribution in [3.8, 4) is 0 Å². The molecular formula is C15H18BrNO3. The first-order valence-electron chi connectivity index (χ1n) is 6.74. The summed E-state index contributed by atoms with van der Waals surface area (Å²) >= 11 is 3.37. The number of carbonyl (C=O) groups excluding carboxylic acids is 1. The van der Waals surface area contributed by atoms with E-state index in [1.54, 1.807) is 0 Å². The first kappa shape index (κ1) is 15.0. The molecule has 2 unspecified atom stereocenters. The van der Waals surface area contributed by atoms with Crippen LogP contribution in [0.4, 0.5) is 0 Å². The summed E-state index contributed by atoms with van der Waals surface area (Å²) in [5.41, 5.74) is 0.895. The van der Waals surface area contributed by atoms with E-state index in [9.17, 15) is 14.7 Å². The Balaban J connectivity index is 2.09. The Labute approximate surface area is 126 Å². The highest BCUT2D eigenvalue weighted by Gasteiger charge is 2.34. The van der Waals surface area contributed by atoms with Gasteiger partial charge in [-0.3, -0.25) is 4.79 Å². The predicted octanol–water partition coefficient (Wildman–Crippen LogP) is 2.70. The molecule has 1 saturated heterocycles. The van der Waals surface area contributed by atoms with Gasteiger partial charge in [0.15, 0.2) is 0 Å². The fourth-order valence-corrected chi connectivity index (χ4v) is 3.04. The molecule has 1 amide bonds. The van der Waals surface area contributed by atoms with Crippen molar-refractivity contribution in [1.82, 2.24) is 4.90 Å². The number of rotatable bonds is 3. The Bertz CT molecular complexity index is 518. The lowest BCUT2D eigenvalue weighted by atomic mass is 9.92. The molecule has 108 valence electrons. The molecule has 1 heterocycles. The number of likely N-dealkylation sites (tertiary alicyclic amines) is 1. The molecule has 0 saturated carbocycles. The first-order chi connectivity index (χ1) is 9.47. The highest BCUT2D eigenvalue weighted by molar-refractivity contribution is 9.10. The molecule has 0 bridgehead atoms. The largest absolute Gasteiger partial charge is 0.480 e. The van der Waals surface area contributed by atoms with Crippen molar-refractivity contribution in [1.29, 1.82) is 0 Å². The molecule has 1 fully saturated rings. The fourth-order valence-electron chi connectivity index (χ4n) is 2.60. The van der Waals surface area contributed by atoms with Crippen LogP contribution in [0.1, 0.15) is 25.3 Å². The van der Waals surface area contributed by atoms with Crippen molar-refractivity contribution in [3.63, 3.8) is 0 Å². The van der Waals surface area contributed by atoms with Crippen LogP contribution in [-0.4, -0.2) is 34.5 Å². The van der Waals surface area contributed by atoms with Crippen molar-refractivity contribution in [2.24, 2.45) is 5.92 Å². The monoisotopic (exact) mass is 339 g/mol. The normalized spacial score (nSPS) is 22.6. The molecule has 1 aliphatic heterocycles. The Morgan fingerprint density at radius 2 is 2.20 bits per heavy atom.